The van der Waals surface area contributed by atoms with Gasteiger partial charge in [-0.25, -0.2) is 0 Å². The second-order valence-corrected chi connectivity index (χ2v) is 1.84. The van der Waals surface area contributed by atoms with E-state index in [0.717, 1.165) is 0 Å². The lowest BCUT2D eigenvalue weighted by Crippen LogP contribution is -1.81. The number of methoxy groups -OCH3 is 1. The normalized spacial score (nSPS) is 13.1. The minimum atomic E-state index is 0.129. The van der Waals surface area contributed by atoms with Crippen molar-refractivity contribution in [2.24, 2.45) is 0 Å². The molecule has 0 radical (unpaired) electrons. The molecular formula is C7H12O3. The van der Waals surface area contributed by atoms with Crippen molar-refractivity contribution in [3.05, 3.63) is 24.0 Å². The molecule has 0 heterocycles. The van der Waals surface area contributed by atoms with Crippen LogP contribution in [0.3, 0.4) is 0 Å². The number of ether oxygens (including phenoxy) is 2. The van der Waals surface area contributed by atoms with Crippen LogP contribution in [-0.2, 0) is 9.47 Å². The lowest BCUT2D eigenvalue weighted by molar-refractivity contribution is 0.268. The number of aliphatic hydroxyl groups is 1. The molecule has 58 valence electrons. The van der Waals surface area contributed by atoms with Crippen molar-refractivity contribution in [2.75, 3.05) is 7.11 Å². The fraction of sp³-hybridized carbons (Fsp3) is 0.429. The number of rotatable bonds is 3. The van der Waals surface area contributed by atoms with E-state index in [-0.39, 0.29) is 5.76 Å². The second kappa shape index (κ2) is 4.73. The molecule has 0 aliphatic rings. The van der Waals surface area contributed by atoms with Crippen molar-refractivity contribution in [1.29, 1.82) is 0 Å². The van der Waals surface area contributed by atoms with Crippen molar-refractivity contribution < 1.29 is 14.6 Å². The van der Waals surface area contributed by atoms with E-state index >= 15 is 0 Å². The van der Waals surface area contributed by atoms with Gasteiger partial charge in [0.05, 0.1) is 7.11 Å². The average molecular weight is 144 g/mol. The van der Waals surface area contributed by atoms with Gasteiger partial charge in [-0.2, -0.15) is 0 Å². The highest BCUT2D eigenvalue weighted by atomic mass is 16.5. The van der Waals surface area contributed by atoms with Crippen molar-refractivity contribution in [3.8, 4) is 0 Å². The molecule has 0 atom stereocenters. The van der Waals surface area contributed by atoms with Crippen LogP contribution in [0.15, 0.2) is 24.0 Å². The highest BCUT2D eigenvalue weighted by Gasteiger charge is 1.85. The minimum Gasteiger partial charge on any atom is -0.509 e. The number of allylic oxidation sites excluding steroid dienone is 2. The lowest BCUT2D eigenvalue weighted by atomic mass is 10.6. The first-order chi connectivity index (χ1) is 4.66. The maximum atomic E-state index is 8.64. The van der Waals surface area contributed by atoms with Crippen LogP contribution in [0.2, 0.25) is 0 Å². The zero-order chi connectivity index (χ0) is 7.98. The summed E-state index contributed by atoms with van der Waals surface area (Å²) in [6.07, 6.45) is 2.68. The van der Waals surface area contributed by atoms with Crippen LogP contribution in [-0.4, -0.2) is 12.2 Å². The fourth-order valence-electron chi connectivity index (χ4n) is 0.372. The summed E-state index contributed by atoms with van der Waals surface area (Å²) in [6, 6.07) is 0. The molecule has 3 nitrogen and oxygen atoms in total. The van der Waals surface area contributed by atoms with E-state index in [0.29, 0.717) is 5.76 Å². The van der Waals surface area contributed by atoms with Gasteiger partial charge in [0.25, 0.3) is 0 Å². The smallest absolute Gasteiger partial charge is 0.135 e. The molecule has 1 N–H and O–H groups in total. The molecule has 10 heavy (non-hydrogen) atoms. The van der Waals surface area contributed by atoms with E-state index in [1.807, 2.05) is 0 Å². The molecule has 0 rings (SSSR count). The van der Waals surface area contributed by atoms with Crippen LogP contribution in [0.1, 0.15) is 13.8 Å². The summed E-state index contributed by atoms with van der Waals surface area (Å²) in [7, 11) is 1.53. The van der Waals surface area contributed by atoms with Gasteiger partial charge in [-0.15, -0.1) is 0 Å². The Labute approximate surface area is 60.6 Å². The molecule has 0 saturated carbocycles. The van der Waals surface area contributed by atoms with Gasteiger partial charge in [0.15, 0.2) is 0 Å². The van der Waals surface area contributed by atoms with Crippen LogP contribution in [0, 0.1) is 0 Å². The van der Waals surface area contributed by atoms with Gasteiger partial charge in [-0.05, 0) is 13.8 Å². The number of hydrogen-bond donors (Lipinski definition) is 1. The van der Waals surface area contributed by atoms with Gasteiger partial charge in [-0.1, -0.05) is 0 Å². The molecule has 0 bridgehead atoms. The van der Waals surface area contributed by atoms with Crippen molar-refractivity contribution in [2.45, 2.75) is 13.8 Å². The highest BCUT2D eigenvalue weighted by molar-refractivity contribution is 4.87. The summed E-state index contributed by atoms with van der Waals surface area (Å²) in [5.74, 6) is 0.722. The topological polar surface area (TPSA) is 38.7 Å². The molecule has 0 aromatic rings. The second-order valence-electron chi connectivity index (χ2n) is 1.84. The summed E-state index contributed by atoms with van der Waals surface area (Å²) in [5, 5.41) is 8.64. The van der Waals surface area contributed by atoms with Gasteiger partial charge >= 0.3 is 0 Å². The van der Waals surface area contributed by atoms with Crippen LogP contribution < -0.4 is 0 Å². The first-order valence-corrected chi connectivity index (χ1v) is 2.88. The molecule has 0 spiro atoms. The first kappa shape index (κ1) is 8.88. The summed E-state index contributed by atoms with van der Waals surface area (Å²) >= 11 is 0. The molecule has 0 aliphatic carbocycles. The maximum absolute atomic E-state index is 8.64. The van der Waals surface area contributed by atoms with Crippen molar-refractivity contribution in [3.63, 3.8) is 0 Å². The Morgan fingerprint density at radius 2 is 1.90 bits per heavy atom. The maximum Gasteiger partial charge on any atom is 0.135 e. The Morgan fingerprint density at radius 1 is 1.30 bits per heavy atom. The van der Waals surface area contributed by atoms with Gasteiger partial charge in [0.2, 0.25) is 0 Å². The Hall–Kier alpha value is -1.12. The number of aliphatic hydroxyl groups excluding tert-OH is 1. The summed E-state index contributed by atoms with van der Waals surface area (Å²) in [6.45, 7) is 3.25. The largest absolute Gasteiger partial charge is 0.509 e. The van der Waals surface area contributed by atoms with Crippen LogP contribution in [0.5, 0.6) is 0 Å². The lowest BCUT2D eigenvalue weighted by Gasteiger charge is -1.98. The van der Waals surface area contributed by atoms with E-state index < -0.39 is 0 Å². The average Bonchev–Trinajstić information content (AvgIpc) is 1.85. The van der Waals surface area contributed by atoms with Gasteiger partial charge in [0.1, 0.15) is 24.0 Å². The predicted molar refractivity (Wildman–Crippen MR) is 38.2 cm³/mol. The van der Waals surface area contributed by atoms with E-state index in [1.165, 1.54) is 26.6 Å². The molecule has 0 unspecified atom stereocenters. The quantitative estimate of drug-likeness (QED) is 0.615. The summed E-state index contributed by atoms with van der Waals surface area (Å²) in [5.41, 5.74) is 0. The fourth-order valence-corrected chi connectivity index (χ4v) is 0.372. The molecule has 0 saturated heterocycles. The zero-order valence-corrected chi connectivity index (χ0v) is 6.42. The molecule has 0 amide bonds. The molecule has 0 aliphatic heterocycles. The minimum absolute atomic E-state index is 0.129. The molecular weight excluding hydrogens is 132 g/mol. The molecule has 0 aromatic carbocycles. The SMILES string of the molecule is COC=C(C)OC=C(C)O. The standard InChI is InChI=1S/C7H12O3/c1-6(8)4-10-7(2)5-9-3/h4-5,8H,1-3H3. The van der Waals surface area contributed by atoms with Gasteiger partial charge in [-0.3, -0.25) is 0 Å². The van der Waals surface area contributed by atoms with Gasteiger partial charge < -0.3 is 14.6 Å². The van der Waals surface area contributed by atoms with E-state index in [4.69, 9.17) is 9.84 Å². The van der Waals surface area contributed by atoms with Crippen LogP contribution in [0.25, 0.3) is 0 Å². The van der Waals surface area contributed by atoms with Crippen LogP contribution in [0.4, 0.5) is 0 Å². The summed E-state index contributed by atoms with van der Waals surface area (Å²) in [4.78, 5) is 0. The Morgan fingerprint density at radius 3 is 2.30 bits per heavy atom. The zero-order valence-electron chi connectivity index (χ0n) is 6.42. The summed E-state index contributed by atoms with van der Waals surface area (Å²) < 4.78 is 9.51. The Kier molecular flexibility index (Phi) is 4.20. The molecule has 0 aromatic heterocycles. The Balaban J connectivity index is 3.69. The Bertz CT molecular complexity index is 143. The third kappa shape index (κ3) is 5.03. The predicted octanol–water partition coefficient (Wildman–Crippen LogP) is 1.93. The third-order valence-electron chi connectivity index (χ3n) is 0.699. The highest BCUT2D eigenvalue weighted by Crippen LogP contribution is 1.97. The molecule has 3 heteroatoms. The first-order valence-electron chi connectivity index (χ1n) is 2.88. The van der Waals surface area contributed by atoms with Crippen molar-refractivity contribution in [1.82, 2.24) is 0 Å². The van der Waals surface area contributed by atoms with Gasteiger partial charge in [0, 0.05) is 0 Å². The number of hydrogen-bond acceptors (Lipinski definition) is 3. The third-order valence-corrected chi connectivity index (χ3v) is 0.699. The van der Waals surface area contributed by atoms with E-state index in [1.54, 1.807) is 6.92 Å². The molecule has 0 fully saturated rings. The monoisotopic (exact) mass is 144 g/mol. The van der Waals surface area contributed by atoms with Crippen molar-refractivity contribution >= 4 is 0 Å². The van der Waals surface area contributed by atoms with E-state index in [2.05, 4.69) is 4.74 Å². The van der Waals surface area contributed by atoms with E-state index in [9.17, 15) is 0 Å². The van der Waals surface area contributed by atoms with Crippen LogP contribution >= 0.6 is 0 Å².